The van der Waals surface area contributed by atoms with Crippen LogP contribution in [0, 0.1) is 0 Å². The normalized spacial score (nSPS) is 12.7. The van der Waals surface area contributed by atoms with Crippen molar-refractivity contribution in [3.63, 3.8) is 0 Å². The van der Waals surface area contributed by atoms with Gasteiger partial charge in [-0.05, 0) is 18.2 Å². The lowest BCUT2D eigenvalue weighted by molar-refractivity contribution is 0.406. The first-order valence-electron chi connectivity index (χ1n) is 6.32. The molecule has 0 spiro atoms. The molecule has 98 valence electrons. The SMILES string of the molecule is O=c1c(Cl)c2n(c3ccccc13)Cc1ccccc1O2. The second kappa shape index (κ2) is 4.12. The largest absolute Gasteiger partial charge is 0.439 e. The number of ether oxygens (including phenoxy) is 1. The lowest BCUT2D eigenvalue weighted by atomic mass is 10.1. The summed E-state index contributed by atoms with van der Waals surface area (Å²) in [4.78, 5) is 12.3. The second-order valence-corrected chi connectivity index (χ2v) is 5.14. The van der Waals surface area contributed by atoms with Crippen LogP contribution in [0.3, 0.4) is 0 Å². The summed E-state index contributed by atoms with van der Waals surface area (Å²) < 4.78 is 7.77. The van der Waals surface area contributed by atoms with E-state index in [1.807, 2.05) is 47.0 Å². The Bertz CT molecular complexity index is 899. The number of halogens is 1. The Morgan fingerprint density at radius 1 is 1.05 bits per heavy atom. The Hall–Kier alpha value is -2.26. The van der Waals surface area contributed by atoms with E-state index < -0.39 is 0 Å². The highest BCUT2D eigenvalue weighted by molar-refractivity contribution is 6.32. The molecule has 0 fully saturated rings. The van der Waals surface area contributed by atoms with E-state index in [1.54, 1.807) is 6.07 Å². The predicted molar refractivity (Wildman–Crippen MR) is 78.8 cm³/mol. The molecule has 1 aliphatic heterocycles. The van der Waals surface area contributed by atoms with E-state index in [-0.39, 0.29) is 10.5 Å². The van der Waals surface area contributed by atoms with Crippen molar-refractivity contribution in [2.75, 3.05) is 0 Å². The number of benzene rings is 2. The topological polar surface area (TPSA) is 31.2 Å². The fourth-order valence-electron chi connectivity index (χ4n) is 2.61. The number of pyridine rings is 1. The summed E-state index contributed by atoms with van der Waals surface area (Å²) in [6.07, 6.45) is 0. The van der Waals surface area contributed by atoms with Crippen LogP contribution in [0.15, 0.2) is 53.3 Å². The molecule has 0 aliphatic carbocycles. The van der Waals surface area contributed by atoms with Crippen molar-refractivity contribution in [2.24, 2.45) is 0 Å². The molecule has 0 bridgehead atoms. The summed E-state index contributed by atoms with van der Waals surface area (Å²) in [5, 5.41) is 0.752. The number of para-hydroxylation sites is 2. The highest BCUT2D eigenvalue weighted by Crippen LogP contribution is 2.37. The minimum Gasteiger partial charge on any atom is -0.439 e. The van der Waals surface area contributed by atoms with Crippen LogP contribution in [0.5, 0.6) is 11.6 Å². The molecule has 0 N–H and O–H groups in total. The molecule has 3 nitrogen and oxygen atoms in total. The van der Waals surface area contributed by atoms with Gasteiger partial charge in [-0.3, -0.25) is 4.79 Å². The Kier molecular flexibility index (Phi) is 2.38. The second-order valence-electron chi connectivity index (χ2n) is 4.76. The molecular weight excluding hydrogens is 274 g/mol. The summed E-state index contributed by atoms with van der Waals surface area (Å²) in [7, 11) is 0. The first-order chi connectivity index (χ1) is 9.75. The van der Waals surface area contributed by atoms with Crippen molar-refractivity contribution in [3.8, 4) is 11.6 Å². The Morgan fingerprint density at radius 2 is 1.80 bits per heavy atom. The van der Waals surface area contributed by atoms with Crippen LogP contribution >= 0.6 is 11.6 Å². The summed E-state index contributed by atoms with van der Waals surface area (Å²) in [5.74, 6) is 1.18. The lowest BCUT2D eigenvalue weighted by Gasteiger charge is -2.24. The predicted octanol–water partition coefficient (Wildman–Crippen LogP) is 3.81. The van der Waals surface area contributed by atoms with Gasteiger partial charge in [0.05, 0.1) is 12.1 Å². The van der Waals surface area contributed by atoms with Gasteiger partial charge in [0.2, 0.25) is 11.3 Å². The molecular formula is C16H10ClNO2. The molecule has 1 aromatic heterocycles. The number of fused-ring (bicyclic) bond motifs is 4. The standard InChI is InChI=1S/C16H10ClNO2/c17-14-15(19)11-6-2-3-7-12(11)18-9-10-5-1-4-8-13(10)20-16(14)18/h1-8H,9H2. The molecule has 0 atom stereocenters. The van der Waals surface area contributed by atoms with Crippen LogP contribution in [-0.2, 0) is 6.54 Å². The third-order valence-electron chi connectivity index (χ3n) is 3.58. The van der Waals surface area contributed by atoms with Crippen LogP contribution in [0.25, 0.3) is 10.9 Å². The Balaban J connectivity index is 2.09. The minimum absolute atomic E-state index is 0.137. The smallest absolute Gasteiger partial charge is 0.223 e. The van der Waals surface area contributed by atoms with E-state index in [1.165, 1.54) is 0 Å². The van der Waals surface area contributed by atoms with Crippen molar-refractivity contribution in [1.29, 1.82) is 0 Å². The van der Waals surface area contributed by atoms with Gasteiger partial charge in [-0.1, -0.05) is 41.9 Å². The van der Waals surface area contributed by atoms with Crippen LogP contribution < -0.4 is 10.2 Å². The summed E-state index contributed by atoms with van der Waals surface area (Å²) >= 11 is 6.20. The van der Waals surface area contributed by atoms with Crippen LogP contribution in [0.1, 0.15) is 5.56 Å². The van der Waals surface area contributed by atoms with Crippen LogP contribution in [0.4, 0.5) is 0 Å². The molecule has 0 saturated heterocycles. The van der Waals surface area contributed by atoms with E-state index >= 15 is 0 Å². The molecule has 20 heavy (non-hydrogen) atoms. The van der Waals surface area contributed by atoms with Gasteiger partial charge in [-0.25, -0.2) is 0 Å². The third kappa shape index (κ3) is 1.50. The van der Waals surface area contributed by atoms with Crippen LogP contribution in [0.2, 0.25) is 5.02 Å². The highest BCUT2D eigenvalue weighted by atomic mass is 35.5. The summed E-state index contributed by atoms with van der Waals surface area (Å²) in [5.41, 5.74) is 1.73. The maximum Gasteiger partial charge on any atom is 0.223 e. The first-order valence-corrected chi connectivity index (χ1v) is 6.70. The number of hydrogen-bond donors (Lipinski definition) is 0. The van der Waals surface area contributed by atoms with Gasteiger partial charge < -0.3 is 9.30 Å². The number of hydrogen-bond acceptors (Lipinski definition) is 2. The van der Waals surface area contributed by atoms with E-state index in [4.69, 9.17) is 16.3 Å². The number of aromatic nitrogens is 1. The van der Waals surface area contributed by atoms with Gasteiger partial charge in [0.25, 0.3) is 0 Å². The molecule has 1 aliphatic rings. The molecule has 0 unspecified atom stereocenters. The van der Waals surface area contributed by atoms with Crippen molar-refractivity contribution in [2.45, 2.75) is 6.54 Å². The molecule has 2 aromatic carbocycles. The fourth-order valence-corrected chi connectivity index (χ4v) is 2.85. The van der Waals surface area contributed by atoms with Gasteiger partial charge in [0.15, 0.2) is 0 Å². The van der Waals surface area contributed by atoms with Crippen molar-refractivity contribution in [1.82, 2.24) is 4.57 Å². The molecule has 4 rings (SSSR count). The lowest BCUT2D eigenvalue weighted by Crippen LogP contribution is -2.18. The monoisotopic (exact) mass is 283 g/mol. The van der Waals surface area contributed by atoms with Gasteiger partial charge in [0, 0.05) is 10.9 Å². The van der Waals surface area contributed by atoms with Crippen molar-refractivity contribution >= 4 is 22.5 Å². The minimum atomic E-state index is -0.187. The quantitative estimate of drug-likeness (QED) is 0.491. The molecule has 0 amide bonds. The number of nitrogens with zero attached hydrogens (tertiary/aromatic N) is 1. The Labute approximate surface area is 120 Å². The maximum absolute atomic E-state index is 12.3. The maximum atomic E-state index is 12.3. The zero-order chi connectivity index (χ0) is 13.7. The third-order valence-corrected chi connectivity index (χ3v) is 3.91. The van der Waals surface area contributed by atoms with Gasteiger partial charge in [-0.2, -0.15) is 0 Å². The Morgan fingerprint density at radius 3 is 2.70 bits per heavy atom. The van der Waals surface area contributed by atoms with Crippen molar-refractivity contribution in [3.05, 3.63) is 69.3 Å². The average Bonchev–Trinajstić information content (AvgIpc) is 2.51. The summed E-state index contributed by atoms with van der Waals surface area (Å²) in [6, 6.07) is 15.2. The highest BCUT2D eigenvalue weighted by Gasteiger charge is 2.22. The molecule has 2 heterocycles. The van der Waals surface area contributed by atoms with Gasteiger partial charge >= 0.3 is 0 Å². The average molecular weight is 284 g/mol. The van der Waals surface area contributed by atoms with E-state index in [0.717, 1.165) is 16.8 Å². The zero-order valence-electron chi connectivity index (χ0n) is 10.5. The van der Waals surface area contributed by atoms with Crippen LogP contribution in [-0.4, -0.2) is 4.57 Å². The summed E-state index contributed by atoms with van der Waals surface area (Å²) in [6.45, 7) is 0.645. The van der Waals surface area contributed by atoms with Gasteiger partial charge in [0.1, 0.15) is 10.8 Å². The van der Waals surface area contributed by atoms with Crippen molar-refractivity contribution < 1.29 is 4.74 Å². The fraction of sp³-hybridized carbons (Fsp3) is 0.0625. The zero-order valence-corrected chi connectivity index (χ0v) is 11.2. The van der Waals surface area contributed by atoms with E-state index in [9.17, 15) is 4.79 Å². The van der Waals surface area contributed by atoms with E-state index in [2.05, 4.69) is 0 Å². The number of rotatable bonds is 0. The molecule has 0 saturated carbocycles. The molecule has 0 radical (unpaired) electrons. The first kappa shape index (κ1) is 11.6. The molecule has 4 heteroatoms. The van der Waals surface area contributed by atoms with E-state index in [0.29, 0.717) is 17.8 Å². The molecule has 3 aromatic rings. The van der Waals surface area contributed by atoms with Gasteiger partial charge in [-0.15, -0.1) is 0 Å².